The number of hydrogen-bond acceptors (Lipinski definition) is 5. The van der Waals surface area contributed by atoms with Crippen LogP contribution in [0.2, 0.25) is 0 Å². The summed E-state index contributed by atoms with van der Waals surface area (Å²) in [5.74, 6) is 0. The topological polar surface area (TPSA) is 44.8 Å². The van der Waals surface area contributed by atoms with Gasteiger partial charge < -0.3 is 14.2 Å². The standard InChI is InChI=1S/C15H26O4S/c1-14(2,3)12-17-9-7-8-11(10-18-12)19-13(16)20-15(4,5)6/h7-8,11-12H,9-10H2,1-6H3/b8-7+. The summed E-state index contributed by atoms with van der Waals surface area (Å²) in [5.41, 5.74) is -0.111. The molecule has 1 heterocycles. The second kappa shape index (κ2) is 6.96. The van der Waals surface area contributed by atoms with E-state index in [0.717, 1.165) is 0 Å². The maximum atomic E-state index is 11.8. The largest absolute Gasteiger partial charge is 0.448 e. The van der Waals surface area contributed by atoms with E-state index in [0.29, 0.717) is 13.2 Å². The Bertz CT molecular complexity index is 352. The van der Waals surface area contributed by atoms with E-state index in [-0.39, 0.29) is 27.9 Å². The molecule has 116 valence electrons. The van der Waals surface area contributed by atoms with Crippen molar-refractivity contribution in [2.45, 2.75) is 58.7 Å². The smallest absolute Gasteiger partial charge is 0.368 e. The second-order valence-corrected chi connectivity index (χ2v) is 8.68. The third-order valence-electron chi connectivity index (χ3n) is 2.45. The third kappa shape index (κ3) is 6.77. The molecule has 1 aliphatic heterocycles. The van der Waals surface area contributed by atoms with Gasteiger partial charge in [-0.1, -0.05) is 47.6 Å². The van der Waals surface area contributed by atoms with E-state index in [2.05, 4.69) is 20.8 Å². The molecule has 0 aromatic carbocycles. The number of carbonyl (C=O) groups is 1. The van der Waals surface area contributed by atoms with Crippen molar-refractivity contribution < 1.29 is 19.0 Å². The lowest BCUT2D eigenvalue weighted by Gasteiger charge is -2.32. The summed E-state index contributed by atoms with van der Waals surface area (Å²) in [5, 5.41) is -0.274. The first kappa shape index (κ1) is 17.5. The molecule has 0 saturated carbocycles. The molecule has 2 unspecified atom stereocenters. The molecule has 0 aliphatic carbocycles. The van der Waals surface area contributed by atoms with Crippen LogP contribution in [-0.4, -0.2) is 35.7 Å². The molecule has 1 rings (SSSR count). The van der Waals surface area contributed by atoms with Crippen LogP contribution < -0.4 is 0 Å². The summed E-state index contributed by atoms with van der Waals surface area (Å²) in [6.07, 6.45) is 3.04. The van der Waals surface area contributed by atoms with Crippen molar-refractivity contribution in [3.05, 3.63) is 12.2 Å². The summed E-state index contributed by atoms with van der Waals surface area (Å²) < 4.78 is 16.6. The molecule has 4 nitrogen and oxygen atoms in total. The molecule has 0 N–H and O–H groups in total. The number of rotatable bonds is 1. The van der Waals surface area contributed by atoms with Gasteiger partial charge in [0.25, 0.3) is 0 Å². The highest BCUT2D eigenvalue weighted by Crippen LogP contribution is 2.27. The van der Waals surface area contributed by atoms with Gasteiger partial charge in [-0.05, 0) is 17.8 Å². The average molecular weight is 302 g/mol. The second-order valence-electron chi connectivity index (χ2n) is 6.91. The number of carbonyl (C=O) groups excluding carboxylic acids is 1. The lowest BCUT2D eigenvalue weighted by molar-refractivity contribution is -0.198. The minimum absolute atomic E-state index is 0.111. The monoisotopic (exact) mass is 302 g/mol. The zero-order valence-corrected chi connectivity index (χ0v) is 14.1. The molecular formula is C15H26O4S. The van der Waals surface area contributed by atoms with Crippen molar-refractivity contribution in [2.24, 2.45) is 5.41 Å². The Labute approximate surface area is 126 Å². The summed E-state index contributed by atoms with van der Waals surface area (Å²) in [6, 6.07) is 0. The molecule has 5 heteroatoms. The fourth-order valence-electron chi connectivity index (χ4n) is 1.61. The maximum absolute atomic E-state index is 11.8. The Morgan fingerprint density at radius 3 is 2.40 bits per heavy atom. The predicted molar refractivity (Wildman–Crippen MR) is 81.9 cm³/mol. The van der Waals surface area contributed by atoms with Gasteiger partial charge in [-0.2, -0.15) is 0 Å². The fourth-order valence-corrected chi connectivity index (χ4v) is 2.28. The summed E-state index contributed by atoms with van der Waals surface area (Å²) in [4.78, 5) is 11.8. The minimum Gasteiger partial charge on any atom is -0.448 e. The van der Waals surface area contributed by atoms with Crippen LogP contribution in [0.15, 0.2) is 12.2 Å². The van der Waals surface area contributed by atoms with E-state index >= 15 is 0 Å². The zero-order valence-electron chi connectivity index (χ0n) is 13.3. The van der Waals surface area contributed by atoms with Gasteiger partial charge in [0.1, 0.15) is 6.10 Å². The molecule has 0 aromatic rings. The van der Waals surface area contributed by atoms with Crippen LogP contribution in [0.5, 0.6) is 0 Å². The van der Waals surface area contributed by atoms with Crippen LogP contribution in [0.4, 0.5) is 4.79 Å². The highest BCUT2D eigenvalue weighted by Gasteiger charge is 2.29. The van der Waals surface area contributed by atoms with Gasteiger partial charge in [0.05, 0.1) is 13.2 Å². The van der Waals surface area contributed by atoms with E-state index in [4.69, 9.17) is 14.2 Å². The first-order valence-electron chi connectivity index (χ1n) is 6.87. The van der Waals surface area contributed by atoms with Crippen molar-refractivity contribution in [3.63, 3.8) is 0 Å². The Balaban J connectivity index is 2.55. The molecule has 0 spiro atoms. The highest BCUT2D eigenvalue weighted by molar-refractivity contribution is 8.14. The normalized spacial score (nSPS) is 26.5. The van der Waals surface area contributed by atoms with Gasteiger partial charge in [-0.25, -0.2) is 4.79 Å². The SMILES string of the molecule is CC(C)(C)SC(=O)OC1/C=C/COC(C(C)(C)C)OC1. The molecule has 0 bridgehead atoms. The van der Waals surface area contributed by atoms with Crippen LogP contribution in [0, 0.1) is 5.41 Å². The van der Waals surface area contributed by atoms with Crippen LogP contribution in [0.3, 0.4) is 0 Å². The van der Waals surface area contributed by atoms with Gasteiger partial charge in [0.15, 0.2) is 6.29 Å². The molecule has 0 radical (unpaired) electrons. The third-order valence-corrected chi connectivity index (χ3v) is 3.33. The molecule has 0 fully saturated rings. The average Bonchev–Trinajstić information content (AvgIpc) is 2.17. The highest BCUT2D eigenvalue weighted by atomic mass is 32.2. The number of ether oxygens (including phenoxy) is 3. The van der Waals surface area contributed by atoms with E-state index < -0.39 is 0 Å². The Hall–Kier alpha value is -0.520. The van der Waals surface area contributed by atoms with Gasteiger partial charge in [0.2, 0.25) is 0 Å². The molecule has 0 amide bonds. The van der Waals surface area contributed by atoms with Gasteiger partial charge in [-0.3, -0.25) is 0 Å². The molecule has 0 aromatic heterocycles. The summed E-state index contributed by atoms with van der Waals surface area (Å²) in [7, 11) is 0. The van der Waals surface area contributed by atoms with E-state index in [1.165, 1.54) is 11.8 Å². The van der Waals surface area contributed by atoms with Crippen molar-refractivity contribution in [1.82, 2.24) is 0 Å². The molecule has 1 aliphatic rings. The van der Waals surface area contributed by atoms with Crippen LogP contribution in [-0.2, 0) is 14.2 Å². The van der Waals surface area contributed by atoms with Crippen molar-refractivity contribution in [2.75, 3.05) is 13.2 Å². The van der Waals surface area contributed by atoms with Gasteiger partial charge in [-0.15, -0.1) is 0 Å². The van der Waals surface area contributed by atoms with Crippen LogP contribution >= 0.6 is 11.8 Å². The van der Waals surface area contributed by atoms with Crippen LogP contribution in [0.1, 0.15) is 41.5 Å². The quantitative estimate of drug-likeness (QED) is 0.541. The van der Waals surface area contributed by atoms with Gasteiger partial charge in [0, 0.05) is 10.2 Å². The van der Waals surface area contributed by atoms with E-state index in [1.54, 1.807) is 0 Å². The summed E-state index contributed by atoms with van der Waals surface area (Å²) in [6.45, 7) is 12.9. The van der Waals surface area contributed by atoms with Crippen LogP contribution in [0.25, 0.3) is 0 Å². The Kier molecular flexibility index (Phi) is 6.10. The summed E-state index contributed by atoms with van der Waals surface area (Å²) >= 11 is 1.19. The fraction of sp³-hybridized carbons (Fsp3) is 0.800. The van der Waals surface area contributed by atoms with Crippen molar-refractivity contribution in [3.8, 4) is 0 Å². The molecule has 2 atom stereocenters. The molecule has 0 saturated heterocycles. The zero-order chi connectivity index (χ0) is 15.4. The number of hydrogen-bond donors (Lipinski definition) is 0. The van der Waals surface area contributed by atoms with Gasteiger partial charge >= 0.3 is 5.30 Å². The Morgan fingerprint density at radius 1 is 1.20 bits per heavy atom. The van der Waals surface area contributed by atoms with Crippen molar-refractivity contribution >= 4 is 17.1 Å². The Morgan fingerprint density at radius 2 is 1.85 bits per heavy atom. The van der Waals surface area contributed by atoms with E-state index in [1.807, 2.05) is 32.9 Å². The minimum atomic E-state index is -0.355. The first-order valence-corrected chi connectivity index (χ1v) is 7.69. The lowest BCUT2D eigenvalue weighted by Crippen LogP contribution is -2.36. The molecule has 20 heavy (non-hydrogen) atoms. The molecular weight excluding hydrogens is 276 g/mol. The number of thioether (sulfide) groups is 1. The maximum Gasteiger partial charge on any atom is 0.368 e. The van der Waals surface area contributed by atoms with E-state index in [9.17, 15) is 4.79 Å². The lowest BCUT2D eigenvalue weighted by atomic mass is 9.96. The predicted octanol–water partition coefficient (Wildman–Crippen LogP) is 4.00. The first-order chi connectivity index (χ1) is 9.08. The van der Waals surface area contributed by atoms with Crippen molar-refractivity contribution in [1.29, 1.82) is 0 Å².